The molecule has 1 saturated carbocycles. The molecule has 3 heteroatoms. The van der Waals surface area contributed by atoms with Gasteiger partial charge in [0.2, 0.25) is 0 Å². The average molecular weight is 195 g/mol. The first-order chi connectivity index (χ1) is 6.27. The minimum Gasteiger partial charge on any atom is -0.349 e. The first kappa shape index (κ1) is 8.75. The summed E-state index contributed by atoms with van der Waals surface area (Å²) in [6.07, 6.45) is 2.54. The second-order valence-electron chi connectivity index (χ2n) is 3.58. The van der Waals surface area contributed by atoms with Gasteiger partial charge in [0.25, 0.3) is 5.91 Å². The summed E-state index contributed by atoms with van der Waals surface area (Å²) in [5.74, 6) is 0.804. The highest BCUT2D eigenvalue weighted by molar-refractivity contribution is 7.12. The monoisotopic (exact) mass is 195 g/mol. The molecule has 2 nitrogen and oxygen atoms in total. The third kappa shape index (κ3) is 2.10. The summed E-state index contributed by atoms with van der Waals surface area (Å²) in [6, 6.07) is 4.11. The summed E-state index contributed by atoms with van der Waals surface area (Å²) in [5.41, 5.74) is 0. The van der Waals surface area contributed by atoms with Crippen LogP contribution in [0.4, 0.5) is 0 Å². The first-order valence-electron chi connectivity index (χ1n) is 4.62. The van der Waals surface area contributed by atoms with E-state index >= 15 is 0 Å². The Bertz CT molecular complexity index is 290. The number of amides is 1. The summed E-state index contributed by atoms with van der Waals surface area (Å²) in [5, 5.41) is 4.94. The summed E-state index contributed by atoms with van der Waals surface area (Å²) >= 11 is 1.49. The molecule has 0 saturated heterocycles. The van der Waals surface area contributed by atoms with Gasteiger partial charge >= 0.3 is 0 Å². The van der Waals surface area contributed by atoms with Crippen molar-refractivity contribution >= 4 is 17.2 Å². The average Bonchev–Trinajstić information content (AvgIpc) is 2.81. The number of carbonyl (C=O) groups is 1. The molecule has 1 amide bonds. The van der Waals surface area contributed by atoms with Crippen LogP contribution in [0.25, 0.3) is 0 Å². The number of carbonyl (C=O) groups excluding carboxylic acids is 1. The van der Waals surface area contributed by atoms with Crippen molar-refractivity contribution in [1.82, 2.24) is 5.32 Å². The lowest BCUT2D eigenvalue weighted by atomic mass is 10.2. The van der Waals surface area contributed by atoms with Gasteiger partial charge in [0.15, 0.2) is 0 Å². The van der Waals surface area contributed by atoms with Gasteiger partial charge in [-0.2, -0.15) is 0 Å². The summed E-state index contributed by atoms with van der Waals surface area (Å²) in [4.78, 5) is 12.4. The van der Waals surface area contributed by atoms with E-state index in [0.29, 0.717) is 6.04 Å². The summed E-state index contributed by atoms with van der Waals surface area (Å²) in [6.45, 7) is 2.09. The van der Waals surface area contributed by atoms with Crippen LogP contribution in [0.5, 0.6) is 0 Å². The smallest absolute Gasteiger partial charge is 0.261 e. The Morgan fingerprint density at radius 3 is 3.00 bits per heavy atom. The fourth-order valence-corrected chi connectivity index (χ4v) is 2.03. The molecule has 1 unspecified atom stereocenters. The predicted octanol–water partition coefficient (Wildman–Crippen LogP) is 2.28. The number of rotatable bonds is 3. The highest BCUT2D eigenvalue weighted by Crippen LogP contribution is 2.32. The van der Waals surface area contributed by atoms with Crippen molar-refractivity contribution in [2.45, 2.75) is 25.8 Å². The van der Waals surface area contributed by atoms with E-state index in [9.17, 15) is 4.79 Å². The van der Waals surface area contributed by atoms with Crippen LogP contribution in [0, 0.1) is 5.92 Å². The highest BCUT2D eigenvalue weighted by Gasteiger charge is 2.29. The zero-order chi connectivity index (χ0) is 9.26. The summed E-state index contributed by atoms with van der Waals surface area (Å²) < 4.78 is 0. The topological polar surface area (TPSA) is 29.1 Å². The Morgan fingerprint density at radius 1 is 1.69 bits per heavy atom. The number of nitrogens with one attached hydrogen (secondary N) is 1. The van der Waals surface area contributed by atoms with E-state index in [-0.39, 0.29) is 5.91 Å². The van der Waals surface area contributed by atoms with E-state index in [1.54, 1.807) is 0 Å². The van der Waals surface area contributed by atoms with Gasteiger partial charge in [0, 0.05) is 6.04 Å². The van der Waals surface area contributed by atoms with Gasteiger partial charge < -0.3 is 5.32 Å². The molecule has 70 valence electrons. The molecule has 13 heavy (non-hydrogen) atoms. The lowest BCUT2D eigenvalue weighted by molar-refractivity contribution is 0.0940. The van der Waals surface area contributed by atoms with E-state index in [1.165, 1.54) is 24.2 Å². The van der Waals surface area contributed by atoms with Crippen LogP contribution in [0.2, 0.25) is 0 Å². The third-order valence-corrected chi connectivity index (χ3v) is 3.30. The molecule has 0 bridgehead atoms. The molecule has 1 aliphatic carbocycles. The molecule has 1 aliphatic rings. The minimum atomic E-state index is 0.0781. The number of hydrogen-bond donors (Lipinski definition) is 1. The largest absolute Gasteiger partial charge is 0.349 e. The van der Waals surface area contributed by atoms with Gasteiger partial charge in [0.05, 0.1) is 4.88 Å². The van der Waals surface area contributed by atoms with E-state index in [0.717, 1.165) is 10.8 Å². The van der Waals surface area contributed by atoms with Gasteiger partial charge in [-0.05, 0) is 37.1 Å². The Hall–Kier alpha value is -0.830. The fourth-order valence-electron chi connectivity index (χ4n) is 1.40. The Morgan fingerprint density at radius 2 is 2.46 bits per heavy atom. The predicted molar refractivity (Wildman–Crippen MR) is 54.0 cm³/mol. The van der Waals surface area contributed by atoms with E-state index < -0.39 is 0 Å². The zero-order valence-electron chi connectivity index (χ0n) is 7.62. The van der Waals surface area contributed by atoms with Crippen molar-refractivity contribution in [3.8, 4) is 0 Å². The molecule has 0 aliphatic heterocycles. The van der Waals surface area contributed by atoms with Crippen LogP contribution in [0.3, 0.4) is 0 Å². The standard InChI is InChI=1S/C10H13NOS/c1-7(8-4-5-8)11-10(12)9-3-2-6-13-9/h2-3,6-8H,4-5H2,1H3,(H,11,12). The normalized spacial score (nSPS) is 18.2. The van der Waals surface area contributed by atoms with Crippen molar-refractivity contribution in [1.29, 1.82) is 0 Å². The number of hydrogen-bond acceptors (Lipinski definition) is 2. The van der Waals surface area contributed by atoms with Crippen LogP contribution >= 0.6 is 11.3 Å². The van der Waals surface area contributed by atoms with Crippen LogP contribution in [0.15, 0.2) is 17.5 Å². The van der Waals surface area contributed by atoms with Crippen LogP contribution in [0.1, 0.15) is 29.4 Å². The molecular formula is C10H13NOS. The molecular weight excluding hydrogens is 182 g/mol. The minimum absolute atomic E-state index is 0.0781. The molecule has 1 N–H and O–H groups in total. The van der Waals surface area contributed by atoms with Crippen LogP contribution < -0.4 is 5.32 Å². The lowest BCUT2D eigenvalue weighted by Gasteiger charge is -2.11. The van der Waals surface area contributed by atoms with Crippen molar-refractivity contribution in [3.05, 3.63) is 22.4 Å². The Balaban J connectivity index is 1.91. The lowest BCUT2D eigenvalue weighted by Crippen LogP contribution is -2.33. The van der Waals surface area contributed by atoms with E-state index in [4.69, 9.17) is 0 Å². The van der Waals surface area contributed by atoms with Gasteiger partial charge in [-0.25, -0.2) is 0 Å². The van der Waals surface area contributed by atoms with Crippen molar-refractivity contribution < 1.29 is 4.79 Å². The molecule has 0 aromatic carbocycles. The molecule has 1 aromatic rings. The molecule has 1 atom stereocenters. The van der Waals surface area contributed by atoms with E-state index in [2.05, 4.69) is 12.2 Å². The molecule has 0 spiro atoms. The SMILES string of the molecule is CC(NC(=O)c1cccs1)C1CC1. The van der Waals surface area contributed by atoms with Gasteiger partial charge in [-0.15, -0.1) is 11.3 Å². The molecule has 1 aromatic heterocycles. The molecule has 1 fully saturated rings. The quantitative estimate of drug-likeness (QED) is 0.787. The molecule has 2 rings (SSSR count). The maximum Gasteiger partial charge on any atom is 0.261 e. The molecule has 1 heterocycles. The van der Waals surface area contributed by atoms with Crippen molar-refractivity contribution in [3.63, 3.8) is 0 Å². The molecule has 0 radical (unpaired) electrons. The second-order valence-corrected chi connectivity index (χ2v) is 4.52. The third-order valence-electron chi connectivity index (χ3n) is 2.43. The first-order valence-corrected chi connectivity index (χ1v) is 5.49. The van der Waals surface area contributed by atoms with E-state index in [1.807, 2.05) is 17.5 Å². The van der Waals surface area contributed by atoms with Gasteiger partial charge in [-0.1, -0.05) is 6.07 Å². The maximum absolute atomic E-state index is 11.5. The Labute approximate surface area is 82.0 Å². The maximum atomic E-state index is 11.5. The van der Waals surface area contributed by atoms with Gasteiger partial charge in [-0.3, -0.25) is 4.79 Å². The summed E-state index contributed by atoms with van der Waals surface area (Å²) in [7, 11) is 0. The van der Waals surface area contributed by atoms with Crippen LogP contribution in [-0.4, -0.2) is 11.9 Å². The van der Waals surface area contributed by atoms with Gasteiger partial charge in [0.1, 0.15) is 0 Å². The fraction of sp³-hybridized carbons (Fsp3) is 0.500. The Kier molecular flexibility index (Phi) is 2.36. The van der Waals surface area contributed by atoms with Crippen molar-refractivity contribution in [2.75, 3.05) is 0 Å². The highest BCUT2D eigenvalue weighted by atomic mass is 32.1. The zero-order valence-corrected chi connectivity index (χ0v) is 8.43. The number of thiophene rings is 1. The second kappa shape index (κ2) is 3.50. The van der Waals surface area contributed by atoms with Crippen molar-refractivity contribution in [2.24, 2.45) is 5.92 Å². The van der Waals surface area contributed by atoms with Crippen LogP contribution in [-0.2, 0) is 0 Å².